The van der Waals surface area contributed by atoms with Gasteiger partial charge >= 0.3 is 0 Å². The number of hydrogen-bond acceptors (Lipinski definition) is 3. The van der Waals surface area contributed by atoms with E-state index in [1.165, 1.54) is 60.8 Å². The quantitative estimate of drug-likeness (QED) is 0.134. The Morgan fingerprint density at radius 3 is 2.23 bits per heavy atom. The van der Waals surface area contributed by atoms with Crippen LogP contribution in [0.1, 0.15) is 75.3 Å². The zero-order valence-corrected chi connectivity index (χ0v) is 24.4. The number of hydrogen-bond donors (Lipinski definition) is 0. The summed E-state index contributed by atoms with van der Waals surface area (Å²) in [6, 6.07) is 27.7. The van der Waals surface area contributed by atoms with E-state index in [1.807, 2.05) is 24.3 Å². The number of rotatable bonds is 16. The topological polar surface area (TPSA) is 35.5 Å². The van der Waals surface area contributed by atoms with E-state index in [2.05, 4.69) is 78.0 Å². The van der Waals surface area contributed by atoms with Gasteiger partial charge in [0, 0.05) is 13.2 Å². The van der Waals surface area contributed by atoms with Crippen molar-refractivity contribution >= 4 is 17.4 Å². The molecule has 1 heterocycles. The largest absolute Gasteiger partial charge is 0.593 e. The summed E-state index contributed by atoms with van der Waals surface area (Å²) in [7, 11) is 0. The average molecular weight is 544 g/mol. The van der Waals surface area contributed by atoms with E-state index in [0.29, 0.717) is 6.61 Å². The van der Waals surface area contributed by atoms with Crippen molar-refractivity contribution in [2.45, 2.75) is 82.1 Å². The standard InChI is InChI=1S/C35H45NO2S/c1-30-19-25-35(26-20-30)39(37)36-27-14-18-34(36)29-38-28-13-8-6-4-2-3-5-7-10-15-31-21-23-33(24-22-31)32-16-11-9-12-17-32/h9-12,15-17,19-26,34H,2-8,13-14,18,27-29H2,1H3/b15-10+/t34-,39?/m0/s1. The predicted octanol–water partition coefficient (Wildman–Crippen LogP) is 9.00. The van der Waals surface area contributed by atoms with Gasteiger partial charge in [-0.15, -0.1) is 4.31 Å². The first-order chi connectivity index (χ1) is 19.2. The van der Waals surface area contributed by atoms with Gasteiger partial charge in [-0.3, -0.25) is 0 Å². The maximum absolute atomic E-state index is 13.0. The van der Waals surface area contributed by atoms with E-state index in [4.69, 9.17) is 4.74 Å². The second-order valence-corrected chi connectivity index (χ2v) is 12.2. The fourth-order valence-corrected chi connectivity index (χ4v) is 6.56. The molecule has 4 rings (SSSR count). The first-order valence-corrected chi connectivity index (χ1v) is 16.0. The molecule has 3 aromatic carbocycles. The van der Waals surface area contributed by atoms with Gasteiger partial charge in [0.15, 0.2) is 4.90 Å². The van der Waals surface area contributed by atoms with Gasteiger partial charge in [-0.25, -0.2) is 0 Å². The van der Waals surface area contributed by atoms with Gasteiger partial charge in [0.2, 0.25) is 0 Å². The fourth-order valence-electron chi connectivity index (χ4n) is 5.19. The maximum Gasteiger partial charge on any atom is 0.174 e. The molecule has 3 aromatic rings. The summed E-state index contributed by atoms with van der Waals surface area (Å²) < 4.78 is 21.1. The van der Waals surface area contributed by atoms with Crippen LogP contribution < -0.4 is 0 Å². The molecule has 208 valence electrons. The molecule has 3 nitrogen and oxygen atoms in total. The van der Waals surface area contributed by atoms with Crippen LogP contribution in [0.15, 0.2) is 89.8 Å². The number of unbranched alkanes of at least 4 members (excludes halogenated alkanes) is 7. The molecule has 1 aliphatic rings. The van der Waals surface area contributed by atoms with E-state index in [1.54, 1.807) is 0 Å². The Balaban J connectivity index is 0.986. The summed E-state index contributed by atoms with van der Waals surface area (Å²) >= 11 is -1.08. The lowest BCUT2D eigenvalue weighted by Crippen LogP contribution is -2.38. The summed E-state index contributed by atoms with van der Waals surface area (Å²) in [6.07, 6.45) is 16.8. The lowest BCUT2D eigenvalue weighted by atomic mass is 10.0. The Kier molecular flexibility index (Phi) is 12.7. The van der Waals surface area contributed by atoms with Crippen LogP contribution in [-0.4, -0.2) is 34.7 Å². The van der Waals surface area contributed by atoms with Crippen molar-refractivity contribution in [3.63, 3.8) is 0 Å². The Morgan fingerprint density at radius 2 is 1.49 bits per heavy atom. The van der Waals surface area contributed by atoms with Crippen LogP contribution in [0, 0.1) is 6.92 Å². The third kappa shape index (κ3) is 9.95. The SMILES string of the molecule is Cc1ccc([S+]([O-])N2CCC[C@H]2COCCCCCCCCC/C=C/c2ccc(-c3ccccc3)cc2)cc1. The second-order valence-electron chi connectivity index (χ2n) is 10.7. The third-order valence-electron chi connectivity index (χ3n) is 7.56. The molecule has 0 radical (unpaired) electrons. The molecule has 0 aromatic heterocycles. The lowest BCUT2D eigenvalue weighted by molar-refractivity contribution is 0.0959. The average Bonchev–Trinajstić information content (AvgIpc) is 3.45. The van der Waals surface area contributed by atoms with E-state index < -0.39 is 11.4 Å². The van der Waals surface area contributed by atoms with Crippen molar-refractivity contribution in [1.29, 1.82) is 0 Å². The van der Waals surface area contributed by atoms with Crippen molar-refractivity contribution in [1.82, 2.24) is 4.31 Å². The molecule has 0 N–H and O–H groups in total. The molecular formula is C35H45NO2S. The molecule has 0 bridgehead atoms. The van der Waals surface area contributed by atoms with Crippen molar-refractivity contribution in [2.75, 3.05) is 19.8 Å². The molecule has 1 unspecified atom stereocenters. The number of ether oxygens (including phenoxy) is 1. The van der Waals surface area contributed by atoms with Crippen molar-refractivity contribution in [3.05, 3.63) is 96.1 Å². The monoisotopic (exact) mass is 543 g/mol. The Hall–Kier alpha value is -2.37. The lowest BCUT2D eigenvalue weighted by Gasteiger charge is -2.25. The molecule has 1 aliphatic heterocycles. The summed E-state index contributed by atoms with van der Waals surface area (Å²) in [5.74, 6) is 0. The van der Waals surface area contributed by atoms with Crippen molar-refractivity contribution in [3.8, 4) is 11.1 Å². The first kappa shape index (κ1) is 29.6. The minimum absolute atomic E-state index is 0.273. The van der Waals surface area contributed by atoms with Crippen LogP contribution in [0.3, 0.4) is 0 Å². The van der Waals surface area contributed by atoms with Crippen LogP contribution in [-0.2, 0) is 16.1 Å². The van der Waals surface area contributed by atoms with Gasteiger partial charge in [0.25, 0.3) is 0 Å². The number of nitrogens with zero attached hydrogens (tertiary/aromatic N) is 1. The van der Waals surface area contributed by atoms with Gasteiger partial charge in [0.05, 0.1) is 24.0 Å². The second kappa shape index (κ2) is 16.7. The molecule has 4 heteroatoms. The van der Waals surface area contributed by atoms with Crippen molar-refractivity contribution in [2.24, 2.45) is 0 Å². The van der Waals surface area contributed by atoms with Crippen molar-refractivity contribution < 1.29 is 9.29 Å². The van der Waals surface area contributed by atoms with Crippen LogP contribution in [0.5, 0.6) is 0 Å². The highest BCUT2D eigenvalue weighted by atomic mass is 32.2. The van der Waals surface area contributed by atoms with E-state index in [9.17, 15) is 4.55 Å². The molecule has 2 atom stereocenters. The van der Waals surface area contributed by atoms with Crippen LogP contribution in [0.4, 0.5) is 0 Å². The van der Waals surface area contributed by atoms with Gasteiger partial charge in [-0.1, -0.05) is 117 Å². The van der Waals surface area contributed by atoms with Crippen LogP contribution in [0.2, 0.25) is 0 Å². The molecule has 39 heavy (non-hydrogen) atoms. The predicted molar refractivity (Wildman–Crippen MR) is 166 cm³/mol. The van der Waals surface area contributed by atoms with Crippen LogP contribution >= 0.6 is 0 Å². The van der Waals surface area contributed by atoms with E-state index in [-0.39, 0.29) is 6.04 Å². The van der Waals surface area contributed by atoms with Gasteiger partial charge < -0.3 is 9.29 Å². The zero-order valence-electron chi connectivity index (χ0n) is 23.6. The highest BCUT2D eigenvalue weighted by molar-refractivity contribution is 7.89. The highest BCUT2D eigenvalue weighted by Gasteiger charge is 2.35. The highest BCUT2D eigenvalue weighted by Crippen LogP contribution is 2.26. The minimum atomic E-state index is -1.08. The Bertz CT molecular complexity index is 1100. The van der Waals surface area contributed by atoms with E-state index in [0.717, 1.165) is 43.7 Å². The number of allylic oxidation sites excluding steroid dienone is 1. The molecule has 1 saturated heterocycles. The zero-order chi connectivity index (χ0) is 27.1. The Morgan fingerprint density at radius 1 is 0.821 bits per heavy atom. The fraction of sp³-hybridized carbons (Fsp3) is 0.429. The summed E-state index contributed by atoms with van der Waals surface area (Å²) in [6.45, 7) is 4.47. The maximum atomic E-state index is 13.0. The number of benzene rings is 3. The molecule has 0 saturated carbocycles. The smallest absolute Gasteiger partial charge is 0.174 e. The summed E-state index contributed by atoms with van der Waals surface area (Å²) in [5.41, 5.74) is 5.01. The molecule has 0 spiro atoms. The molecule has 0 amide bonds. The van der Waals surface area contributed by atoms with Crippen LogP contribution in [0.25, 0.3) is 17.2 Å². The minimum Gasteiger partial charge on any atom is -0.593 e. The Labute approximate surface area is 239 Å². The molecular weight excluding hydrogens is 498 g/mol. The van der Waals surface area contributed by atoms with Gasteiger partial charge in [0.1, 0.15) is 0 Å². The first-order valence-electron chi connectivity index (χ1n) is 14.9. The third-order valence-corrected chi connectivity index (χ3v) is 9.14. The summed E-state index contributed by atoms with van der Waals surface area (Å²) in [4.78, 5) is 0.900. The normalized spacial score (nSPS) is 16.7. The molecule has 1 fully saturated rings. The molecule has 0 aliphatic carbocycles. The summed E-state index contributed by atoms with van der Waals surface area (Å²) in [5, 5.41) is 0. The number of aryl methyl sites for hydroxylation is 1. The van der Waals surface area contributed by atoms with E-state index >= 15 is 0 Å². The van der Waals surface area contributed by atoms with Gasteiger partial charge in [-0.05, 0) is 67.9 Å². The van der Waals surface area contributed by atoms with Gasteiger partial charge in [-0.2, -0.15) is 0 Å².